The van der Waals surface area contributed by atoms with Gasteiger partial charge >= 0.3 is 0 Å². The van der Waals surface area contributed by atoms with Crippen LogP contribution in [0.25, 0.3) is 6.08 Å². The third-order valence-corrected chi connectivity index (χ3v) is 7.26. The molecule has 0 spiro atoms. The van der Waals surface area contributed by atoms with Crippen molar-refractivity contribution in [2.45, 2.75) is 18.2 Å². The van der Waals surface area contributed by atoms with Crippen LogP contribution < -0.4 is 19.5 Å². The number of methoxy groups -OCH3 is 1. The minimum atomic E-state index is -3.55. The topological polar surface area (TPSA) is 140 Å². The van der Waals surface area contributed by atoms with E-state index in [1.165, 1.54) is 13.2 Å². The Balaban J connectivity index is 1.65. The summed E-state index contributed by atoms with van der Waals surface area (Å²) in [5.74, 6) is 0.936. The number of carbonyl (C=O) groups excluding carboxylic acids is 1. The lowest BCUT2D eigenvalue weighted by Gasteiger charge is -2.13. The Morgan fingerprint density at radius 1 is 1.08 bits per heavy atom. The van der Waals surface area contributed by atoms with E-state index in [1.807, 2.05) is 38.1 Å². The lowest BCUT2D eigenvalue weighted by atomic mass is 10.1. The molecule has 12 heteroatoms. The Morgan fingerprint density at radius 2 is 1.81 bits per heavy atom. The molecule has 1 amide bonds. The van der Waals surface area contributed by atoms with Crippen molar-refractivity contribution in [2.75, 3.05) is 31.9 Å². The molecule has 36 heavy (non-hydrogen) atoms. The van der Waals surface area contributed by atoms with Gasteiger partial charge in [0, 0.05) is 6.26 Å². The van der Waals surface area contributed by atoms with Crippen molar-refractivity contribution in [3.8, 4) is 23.3 Å². The van der Waals surface area contributed by atoms with Crippen LogP contribution in [-0.2, 0) is 14.6 Å². The van der Waals surface area contributed by atoms with Crippen molar-refractivity contribution in [3.05, 3.63) is 58.7 Å². The van der Waals surface area contributed by atoms with Crippen LogP contribution in [0.15, 0.2) is 46.3 Å². The second kappa shape index (κ2) is 11.7. The fourth-order valence-electron chi connectivity index (χ4n) is 2.95. The number of hydrogen-bond acceptors (Lipinski definition) is 10. The van der Waals surface area contributed by atoms with Crippen LogP contribution in [0.5, 0.6) is 17.2 Å². The number of hydrogen-bond donors (Lipinski definition) is 1. The van der Waals surface area contributed by atoms with E-state index in [2.05, 4.69) is 15.5 Å². The number of aryl methyl sites for hydroxylation is 2. The molecule has 1 aromatic heterocycles. The normalized spacial score (nSPS) is 11.5. The van der Waals surface area contributed by atoms with E-state index >= 15 is 0 Å². The van der Waals surface area contributed by atoms with Gasteiger partial charge in [-0.25, -0.2) is 8.42 Å². The molecule has 0 aliphatic carbocycles. The van der Waals surface area contributed by atoms with Crippen LogP contribution >= 0.6 is 11.3 Å². The maximum Gasteiger partial charge on any atom is 0.268 e. The predicted molar refractivity (Wildman–Crippen MR) is 135 cm³/mol. The molecule has 1 N–H and O–H groups in total. The zero-order chi connectivity index (χ0) is 26.3. The molecule has 0 saturated heterocycles. The molecule has 10 nitrogen and oxygen atoms in total. The number of ether oxygens (including phenoxy) is 3. The molecule has 188 valence electrons. The highest BCUT2D eigenvalue weighted by Gasteiger charge is 2.18. The molecule has 3 aromatic rings. The average Bonchev–Trinajstić information content (AvgIpc) is 3.31. The van der Waals surface area contributed by atoms with E-state index in [4.69, 9.17) is 14.2 Å². The minimum Gasteiger partial charge on any atom is -0.493 e. The lowest BCUT2D eigenvalue weighted by Crippen LogP contribution is -2.13. The summed E-state index contributed by atoms with van der Waals surface area (Å²) in [4.78, 5) is 12.5. The molecule has 2 aromatic carbocycles. The van der Waals surface area contributed by atoms with Crippen molar-refractivity contribution in [2.24, 2.45) is 0 Å². The van der Waals surface area contributed by atoms with Gasteiger partial charge in [0.25, 0.3) is 5.91 Å². The highest BCUT2D eigenvalue weighted by atomic mass is 32.2. The fourth-order valence-corrected chi connectivity index (χ4v) is 4.45. The summed E-state index contributed by atoms with van der Waals surface area (Å²) in [6.45, 7) is 4.58. The first-order valence-electron chi connectivity index (χ1n) is 10.6. The third kappa shape index (κ3) is 7.03. The molecular formula is C24H24N4O6S2. The lowest BCUT2D eigenvalue weighted by molar-refractivity contribution is -0.112. The molecule has 0 aliphatic heterocycles. The molecule has 0 saturated carbocycles. The zero-order valence-corrected chi connectivity index (χ0v) is 21.7. The number of anilines is 1. The number of aromatic nitrogens is 2. The van der Waals surface area contributed by atoms with Crippen LogP contribution in [0.4, 0.5) is 5.13 Å². The minimum absolute atomic E-state index is 0.0361. The summed E-state index contributed by atoms with van der Waals surface area (Å²) >= 11 is 0.694. The van der Waals surface area contributed by atoms with Gasteiger partial charge in [-0.3, -0.25) is 10.1 Å². The Bertz CT molecular complexity index is 1440. The number of sulfone groups is 1. The predicted octanol–water partition coefficient (Wildman–Crippen LogP) is 3.57. The van der Waals surface area contributed by atoms with Crippen LogP contribution in [0.3, 0.4) is 0 Å². The number of nitriles is 1. The van der Waals surface area contributed by atoms with Gasteiger partial charge in [0.2, 0.25) is 19.3 Å². The largest absolute Gasteiger partial charge is 0.493 e. The SMILES string of the molecule is COc1cc(C=C(C#N)C(=O)Nc2nnc(S(C)(=O)=O)s2)ccc1OCCOc1cc(C)ccc1C. The van der Waals surface area contributed by atoms with Crippen LogP contribution in [-0.4, -0.2) is 51.1 Å². The maximum absolute atomic E-state index is 12.5. The molecule has 1 heterocycles. The molecule has 0 atom stereocenters. The number of carbonyl (C=O) groups is 1. The smallest absolute Gasteiger partial charge is 0.268 e. The molecule has 0 radical (unpaired) electrons. The summed E-state index contributed by atoms with van der Waals surface area (Å²) in [5.41, 5.74) is 2.44. The van der Waals surface area contributed by atoms with Gasteiger partial charge in [0.05, 0.1) is 7.11 Å². The first-order valence-corrected chi connectivity index (χ1v) is 13.3. The van der Waals surface area contributed by atoms with Crippen molar-refractivity contribution in [1.29, 1.82) is 5.26 Å². The first-order chi connectivity index (χ1) is 17.1. The molecule has 0 unspecified atom stereocenters. The van der Waals surface area contributed by atoms with Crippen molar-refractivity contribution < 1.29 is 27.4 Å². The molecule has 0 bridgehead atoms. The fraction of sp³-hybridized carbons (Fsp3) is 0.250. The van der Waals surface area contributed by atoms with Gasteiger partial charge in [0.15, 0.2) is 11.5 Å². The number of benzene rings is 2. The van der Waals surface area contributed by atoms with E-state index in [1.54, 1.807) is 18.2 Å². The van der Waals surface area contributed by atoms with Gasteiger partial charge in [-0.2, -0.15) is 5.26 Å². The number of amides is 1. The Labute approximate surface area is 213 Å². The Morgan fingerprint density at radius 3 is 2.44 bits per heavy atom. The maximum atomic E-state index is 12.5. The molecule has 0 fully saturated rings. The highest BCUT2D eigenvalue weighted by molar-refractivity contribution is 7.92. The van der Waals surface area contributed by atoms with Crippen molar-refractivity contribution in [3.63, 3.8) is 0 Å². The summed E-state index contributed by atoms with van der Waals surface area (Å²) in [6.07, 6.45) is 2.35. The van der Waals surface area contributed by atoms with Gasteiger partial charge in [0.1, 0.15) is 30.6 Å². The zero-order valence-electron chi connectivity index (χ0n) is 20.1. The monoisotopic (exact) mass is 528 g/mol. The van der Waals surface area contributed by atoms with Crippen LogP contribution in [0.1, 0.15) is 16.7 Å². The van der Waals surface area contributed by atoms with Crippen LogP contribution in [0.2, 0.25) is 0 Å². The second-order valence-electron chi connectivity index (χ2n) is 7.65. The van der Waals surface area contributed by atoms with Gasteiger partial charge in [-0.05, 0) is 54.8 Å². The van der Waals surface area contributed by atoms with Gasteiger partial charge in [-0.15, -0.1) is 10.2 Å². The summed E-state index contributed by atoms with van der Waals surface area (Å²) in [7, 11) is -2.07. The van der Waals surface area contributed by atoms with E-state index in [9.17, 15) is 18.5 Å². The number of nitrogens with one attached hydrogen (secondary N) is 1. The quantitative estimate of drug-likeness (QED) is 0.181. The summed E-state index contributed by atoms with van der Waals surface area (Å²) < 4.78 is 39.8. The number of rotatable bonds is 10. The Kier molecular flexibility index (Phi) is 8.63. The molecule has 3 rings (SSSR count). The second-order valence-corrected chi connectivity index (χ2v) is 10.8. The van der Waals surface area contributed by atoms with E-state index in [0.717, 1.165) is 23.1 Å². The summed E-state index contributed by atoms with van der Waals surface area (Å²) in [6, 6.07) is 12.8. The van der Waals surface area contributed by atoms with E-state index in [0.29, 0.717) is 35.0 Å². The molecule has 0 aliphatic rings. The molecular weight excluding hydrogens is 504 g/mol. The average molecular weight is 529 g/mol. The standard InChI is InChI=1S/C24H24N4O6S2/c1-15-5-6-16(2)20(11-15)34-10-9-33-19-8-7-17(13-21(19)32-3)12-18(14-25)22(29)26-23-27-28-24(35-23)36(4,30)31/h5-8,11-13H,9-10H2,1-4H3,(H,26,27,29). The van der Waals surface area contributed by atoms with E-state index in [-0.39, 0.29) is 21.7 Å². The van der Waals surface area contributed by atoms with Gasteiger partial charge < -0.3 is 14.2 Å². The number of nitrogens with zero attached hydrogens (tertiary/aromatic N) is 3. The van der Waals surface area contributed by atoms with Crippen LogP contribution in [0, 0.1) is 25.2 Å². The Hall–Kier alpha value is -3.95. The van der Waals surface area contributed by atoms with Crippen molar-refractivity contribution in [1.82, 2.24) is 10.2 Å². The van der Waals surface area contributed by atoms with Crippen molar-refractivity contribution >= 4 is 38.3 Å². The first kappa shape index (κ1) is 26.7. The summed E-state index contributed by atoms with van der Waals surface area (Å²) in [5, 5.41) is 18.9. The van der Waals surface area contributed by atoms with Gasteiger partial charge in [-0.1, -0.05) is 29.5 Å². The third-order valence-electron chi connectivity index (χ3n) is 4.75. The van der Waals surface area contributed by atoms with E-state index < -0.39 is 15.7 Å². The highest BCUT2D eigenvalue weighted by Crippen LogP contribution is 2.29.